The van der Waals surface area contributed by atoms with Crippen LogP contribution < -0.4 is 9.74 Å². The lowest BCUT2D eigenvalue weighted by Crippen LogP contribution is -2.29. The molecule has 2 heterocycles. The van der Waals surface area contributed by atoms with Crippen LogP contribution >= 0.6 is 0 Å². The average Bonchev–Trinajstić information content (AvgIpc) is 2.28. The number of alkyl halides is 3. The maximum Gasteiger partial charge on any atom is 0.534 e. The number of fused-ring (bicyclic) bond motifs is 1. The Hall–Kier alpha value is -2.17. The van der Waals surface area contributed by atoms with Crippen molar-refractivity contribution in [3.8, 4) is 5.88 Å². The number of nitrogens with zero attached hydrogens (tertiary/aromatic N) is 2. The van der Waals surface area contributed by atoms with Crippen LogP contribution in [0.25, 0.3) is 5.65 Å². The first kappa shape index (κ1) is 14.2. The Bertz CT molecular complexity index is 828. The van der Waals surface area contributed by atoms with Crippen molar-refractivity contribution < 1.29 is 30.2 Å². The van der Waals surface area contributed by atoms with Gasteiger partial charge in [0, 0.05) is 6.20 Å². The van der Waals surface area contributed by atoms with Crippen LogP contribution in [0.1, 0.15) is 0 Å². The van der Waals surface area contributed by atoms with Gasteiger partial charge in [-0.25, -0.2) is 4.39 Å². The number of hydrogen-bond donors (Lipinski definition) is 0. The van der Waals surface area contributed by atoms with Gasteiger partial charge in [-0.2, -0.15) is 26.6 Å². The minimum absolute atomic E-state index is 0.399. The summed E-state index contributed by atoms with van der Waals surface area (Å²) in [4.78, 5) is 14.7. The molecule has 0 unspecified atom stereocenters. The molecule has 20 heavy (non-hydrogen) atoms. The number of hydrogen-bond acceptors (Lipinski definition) is 5. The first-order chi connectivity index (χ1) is 9.12. The fourth-order valence-corrected chi connectivity index (χ4v) is 1.68. The second-order valence-corrected chi connectivity index (χ2v) is 5.00. The first-order valence-electron chi connectivity index (χ1n) is 4.80. The average molecular weight is 312 g/mol. The third-order valence-electron chi connectivity index (χ3n) is 2.10. The van der Waals surface area contributed by atoms with E-state index in [0.717, 1.165) is 12.3 Å². The van der Waals surface area contributed by atoms with E-state index in [-0.39, 0.29) is 0 Å². The van der Waals surface area contributed by atoms with Crippen molar-refractivity contribution in [2.45, 2.75) is 5.51 Å². The molecule has 0 bridgehead atoms. The summed E-state index contributed by atoms with van der Waals surface area (Å²) in [5.41, 5.74) is -7.34. The lowest BCUT2D eigenvalue weighted by molar-refractivity contribution is -0.0501. The van der Waals surface area contributed by atoms with Gasteiger partial charge in [-0.3, -0.25) is 9.20 Å². The Morgan fingerprint density at radius 2 is 1.95 bits per heavy atom. The van der Waals surface area contributed by atoms with Crippen molar-refractivity contribution in [1.82, 2.24) is 9.38 Å². The van der Waals surface area contributed by atoms with Gasteiger partial charge in [-0.05, 0) is 12.1 Å². The zero-order valence-electron chi connectivity index (χ0n) is 9.26. The molecular formula is C9H4F4N2O4S. The van der Waals surface area contributed by atoms with Gasteiger partial charge in [-0.15, -0.1) is 0 Å². The highest BCUT2D eigenvalue weighted by Crippen LogP contribution is 2.25. The molecular weight excluding hydrogens is 308 g/mol. The largest absolute Gasteiger partial charge is 0.534 e. The monoisotopic (exact) mass is 312 g/mol. The quantitative estimate of drug-likeness (QED) is 0.471. The third kappa shape index (κ3) is 2.43. The summed E-state index contributed by atoms with van der Waals surface area (Å²) >= 11 is 0. The van der Waals surface area contributed by atoms with Crippen LogP contribution in [0, 0.1) is 5.82 Å². The molecule has 108 valence electrons. The second-order valence-electron chi connectivity index (χ2n) is 3.47. The van der Waals surface area contributed by atoms with E-state index in [2.05, 4.69) is 9.17 Å². The third-order valence-corrected chi connectivity index (χ3v) is 3.06. The molecule has 0 saturated heterocycles. The molecule has 0 spiro atoms. The topological polar surface area (TPSA) is 77.7 Å². The molecule has 0 radical (unpaired) electrons. The van der Waals surface area contributed by atoms with Crippen LogP contribution in [0.3, 0.4) is 0 Å². The molecule has 2 aromatic rings. The minimum Gasteiger partial charge on any atom is -0.355 e. The number of aromatic nitrogens is 2. The molecule has 2 aromatic heterocycles. The Morgan fingerprint density at radius 1 is 1.30 bits per heavy atom. The molecule has 0 aliphatic rings. The zero-order chi connectivity index (χ0) is 15.1. The van der Waals surface area contributed by atoms with Gasteiger partial charge in [0.2, 0.25) is 5.88 Å². The predicted molar refractivity (Wildman–Crippen MR) is 57.0 cm³/mol. The van der Waals surface area contributed by atoms with Gasteiger partial charge >= 0.3 is 15.6 Å². The normalized spacial score (nSPS) is 12.6. The van der Waals surface area contributed by atoms with E-state index in [0.29, 0.717) is 10.5 Å². The second kappa shape index (κ2) is 4.44. The van der Waals surface area contributed by atoms with E-state index < -0.39 is 38.5 Å². The van der Waals surface area contributed by atoms with Crippen LogP contribution in [0.15, 0.2) is 29.2 Å². The zero-order valence-corrected chi connectivity index (χ0v) is 10.1. The maximum absolute atomic E-state index is 13.4. The Labute approximate surface area is 108 Å². The Kier molecular flexibility index (Phi) is 3.16. The molecule has 0 aliphatic heterocycles. The van der Waals surface area contributed by atoms with Gasteiger partial charge < -0.3 is 4.18 Å². The molecule has 0 N–H and O–H groups in total. The molecule has 6 nitrogen and oxygen atoms in total. The van der Waals surface area contributed by atoms with Gasteiger partial charge in [0.25, 0.3) is 5.56 Å². The summed E-state index contributed by atoms with van der Waals surface area (Å²) in [6, 6.07) is 2.46. The summed E-state index contributed by atoms with van der Waals surface area (Å²) < 4.78 is 75.6. The van der Waals surface area contributed by atoms with Crippen molar-refractivity contribution in [3.05, 3.63) is 40.6 Å². The number of pyridine rings is 1. The molecule has 0 atom stereocenters. The molecule has 0 saturated carbocycles. The highest BCUT2D eigenvalue weighted by atomic mass is 32.2. The van der Waals surface area contributed by atoms with E-state index in [9.17, 15) is 30.8 Å². The van der Waals surface area contributed by atoms with Crippen molar-refractivity contribution in [2.24, 2.45) is 0 Å². The van der Waals surface area contributed by atoms with Gasteiger partial charge in [0.05, 0.1) is 6.07 Å². The lowest BCUT2D eigenvalue weighted by Gasteiger charge is -2.09. The van der Waals surface area contributed by atoms with Crippen molar-refractivity contribution in [1.29, 1.82) is 0 Å². The predicted octanol–water partition coefficient (Wildman–Crippen LogP) is 1.06. The minimum atomic E-state index is -5.98. The summed E-state index contributed by atoms with van der Waals surface area (Å²) in [6.45, 7) is 0. The molecule has 0 aliphatic carbocycles. The van der Waals surface area contributed by atoms with E-state index >= 15 is 0 Å². The highest BCUT2D eigenvalue weighted by molar-refractivity contribution is 7.87. The molecule has 0 amide bonds. The van der Waals surface area contributed by atoms with Crippen LogP contribution in [-0.2, 0) is 10.1 Å². The fraction of sp³-hybridized carbons (Fsp3) is 0.111. The van der Waals surface area contributed by atoms with Gasteiger partial charge in [-0.1, -0.05) is 0 Å². The van der Waals surface area contributed by atoms with E-state index in [1.165, 1.54) is 6.07 Å². The standard InChI is InChI=1S/C9H4F4N2O4S/c10-5-2-1-3-15-7(16)4-6(14-8(5)15)19-20(17,18)9(11,12)13/h1-4H. The smallest absolute Gasteiger partial charge is 0.355 e. The summed E-state index contributed by atoms with van der Waals surface area (Å²) in [6.07, 6.45) is 1.11. The molecule has 11 heteroatoms. The van der Waals surface area contributed by atoms with Crippen molar-refractivity contribution >= 4 is 15.8 Å². The number of rotatable bonds is 2. The summed E-state index contributed by atoms with van der Waals surface area (Å²) in [5, 5.41) is 0. The van der Waals surface area contributed by atoms with E-state index in [1.54, 1.807) is 0 Å². The Morgan fingerprint density at radius 3 is 2.55 bits per heavy atom. The summed E-state index contributed by atoms with van der Waals surface area (Å²) in [7, 11) is -5.98. The Balaban J connectivity index is 2.59. The van der Waals surface area contributed by atoms with E-state index in [1.807, 2.05) is 0 Å². The van der Waals surface area contributed by atoms with Crippen LogP contribution in [0.4, 0.5) is 17.6 Å². The van der Waals surface area contributed by atoms with Crippen molar-refractivity contribution in [3.63, 3.8) is 0 Å². The van der Waals surface area contributed by atoms with Gasteiger partial charge in [0.1, 0.15) is 0 Å². The van der Waals surface area contributed by atoms with E-state index in [4.69, 9.17) is 0 Å². The maximum atomic E-state index is 13.4. The number of halogens is 4. The molecule has 0 fully saturated rings. The first-order valence-corrected chi connectivity index (χ1v) is 6.21. The van der Waals surface area contributed by atoms with Crippen LogP contribution in [0.2, 0.25) is 0 Å². The van der Waals surface area contributed by atoms with Gasteiger partial charge in [0.15, 0.2) is 11.5 Å². The molecule has 2 rings (SSSR count). The summed E-state index contributed by atoms with van der Waals surface area (Å²) in [5.74, 6) is -2.20. The van der Waals surface area contributed by atoms with Crippen LogP contribution in [0.5, 0.6) is 5.88 Å². The fourth-order valence-electron chi connectivity index (χ4n) is 1.27. The van der Waals surface area contributed by atoms with Crippen molar-refractivity contribution in [2.75, 3.05) is 0 Å². The molecule has 0 aromatic carbocycles. The highest BCUT2D eigenvalue weighted by Gasteiger charge is 2.49. The van der Waals surface area contributed by atoms with Crippen LogP contribution in [-0.4, -0.2) is 23.3 Å². The SMILES string of the molecule is O=c1cc(OS(=O)(=O)C(F)(F)F)nc2c(F)cccn12. The lowest BCUT2D eigenvalue weighted by atomic mass is 10.4.